The number of anilines is 2. The smallest absolute Gasteiger partial charge is 0.339 e. The summed E-state index contributed by atoms with van der Waals surface area (Å²) >= 11 is 6.30. The van der Waals surface area contributed by atoms with Crippen LogP contribution in [0.2, 0.25) is 5.02 Å². The van der Waals surface area contributed by atoms with Gasteiger partial charge >= 0.3 is 5.97 Å². The minimum absolute atomic E-state index is 0.204. The second-order valence-electron chi connectivity index (χ2n) is 7.68. The number of benzene rings is 2. The monoisotopic (exact) mass is 417 g/mol. The molecular formula is C24H20ClN3O2. The highest BCUT2D eigenvalue weighted by Crippen LogP contribution is 2.40. The summed E-state index contributed by atoms with van der Waals surface area (Å²) in [5, 5.41) is 14.6. The highest BCUT2D eigenvalue weighted by Gasteiger charge is 2.26. The van der Waals surface area contributed by atoms with Crippen molar-refractivity contribution in [2.24, 2.45) is 0 Å². The van der Waals surface area contributed by atoms with Crippen molar-refractivity contribution in [3.05, 3.63) is 88.7 Å². The lowest BCUT2D eigenvalue weighted by atomic mass is 10.1. The molecule has 0 atom stereocenters. The Hall–Kier alpha value is -3.31. The van der Waals surface area contributed by atoms with Gasteiger partial charge in [0.05, 0.1) is 0 Å². The number of carboxylic acid groups (broad SMARTS) is 1. The number of carboxylic acids is 1. The third kappa shape index (κ3) is 3.64. The van der Waals surface area contributed by atoms with Crippen LogP contribution in [0.15, 0.2) is 67.0 Å². The van der Waals surface area contributed by atoms with E-state index >= 15 is 0 Å². The van der Waals surface area contributed by atoms with Crippen LogP contribution >= 0.6 is 11.6 Å². The fraction of sp³-hybridized carbons (Fsp3) is 0.167. The number of pyridine rings is 1. The number of nitrogens with zero attached hydrogens (tertiary/aromatic N) is 2. The van der Waals surface area contributed by atoms with Crippen LogP contribution in [-0.4, -0.2) is 20.6 Å². The summed E-state index contributed by atoms with van der Waals surface area (Å²) in [7, 11) is 0. The first-order valence-corrected chi connectivity index (χ1v) is 10.3. The Labute approximate surface area is 178 Å². The minimum atomic E-state index is -0.973. The first kappa shape index (κ1) is 18.7. The zero-order valence-corrected chi connectivity index (χ0v) is 16.9. The predicted molar refractivity (Wildman–Crippen MR) is 119 cm³/mol. The molecule has 2 aromatic carbocycles. The first-order valence-electron chi connectivity index (χ1n) is 9.91. The van der Waals surface area contributed by atoms with E-state index in [-0.39, 0.29) is 5.56 Å². The molecule has 4 aromatic rings. The summed E-state index contributed by atoms with van der Waals surface area (Å²) in [4.78, 5) is 16.1. The maximum absolute atomic E-state index is 11.7. The molecule has 0 bridgehead atoms. The first-order chi connectivity index (χ1) is 14.6. The summed E-state index contributed by atoms with van der Waals surface area (Å²) in [6.07, 6.45) is 6.03. The minimum Gasteiger partial charge on any atom is -0.478 e. The average Bonchev–Trinajstić information content (AvgIpc) is 3.52. The van der Waals surface area contributed by atoms with E-state index in [0.29, 0.717) is 18.3 Å². The van der Waals surface area contributed by atoms with Gasteiger partial charge in [0.25, 0.3) is 0 Å². The highest BCUT2D eigenvalue weighted by atomic mass is 35.5. The lowest BCUT2D eigenvalue weighted by Crippen LogP contribution is -2.06. The standard InChI is InChI=1S/C24H20ClN3O2/c25-21-4-2-1-3-17(21)14-28-10-9-16-11-19(7-8-22(16)28)27-23-20(24(29)30)12-18(13-26-23)15-5-6-15/h1-4,7-13,15H,5-6,14H2,(H,26,27)(H,29,30). The van der Waals surface area contributed by atoms with E-state index in [1.54, 1.807) is 12.3 Å². The fourth-order valence-electron chi connectivity index (χ4n) is 3.75. The van der Waals surface area contributed by atoms with Gasteiger partial charge in [-0.25, -0.2) is 9.78 Å². The van der Waals surface area contributed by atoms with Crippen molar-refractivity contribution >= 4 is 40.0 Å². The van der Waals surface area contributed by atoms with Gasteiger partial charge < -0.3 is 15.0 Å². The predicted octanol–water partition coefficient (Wildman–Crippen LogP) is 6.06. The van der Waals surface area contributed by atoms with Crippen molar-refractivity contribution in [3.63, 3.8) is 0 Å². The van der Waals surface area contributed by atoms with Gasteiger partial charge in [-0.2, -0.15) is 0 Å². The number of aromatic carboxylic acids is 1. The second kappa shape index (κ2) is 7.50. The fourth-order valence-corrected chi connectivity index (χ4v) is 3.94. The van der Waals surface area contributed by atoms with Crippen LogP contribution in [0.1, 0.15) is 40.2 Å². The molecule has 0 radical (unpaired) electrons. The van der Waals surface area contributed by atoms with Gasteiger partial charge in [-0.3, -0.25) is 0 Å². The Morgan fingerprint density at radius 3 is 2.77 bits per heavy atom. The summed E-state index contributed by atoms with van der Waals surface area (Å²) < 4.78 is 2.14. The Morgan fingerprint density at radius 2 is 2.00 bits per heavy atom. The zero-order valence-electron chi connectivity index (χ0n) is 16.2. The number of nitrogens with one attached hydrogen (secondary N) is 1. The molecule has 5 rings (SSSR count). The molecule has 1 fully saturated rings. The molecule has 150 valence electrons. The lowest BCUT2D eigenvalue weighted by molar-refractivity contribution is 0.0697. The van der Waals surface area contributed by atoms with Crippen LogP contribution < -0.4 is 5.32 Å². The molecule has 0 amide bonds. The van der Waals surface area contributed by atoms with E-state index in [4.69, 9.17) is 11.6 Å². The molecule has 0 saturated heterocycles. The number of fused-ring (bicyclic) bond motifs is 1. The molecule has 0 aliphatic heterocycles. The van der Waals surface area contributed by atoms with Crippen molar-refractivity contribution in [2.75, 3.05) is 5.32 Å². The molecule has 6 heteroatoms. The molecule has 1 aliphatic rings. The zero-order chi connectivity index (χ0) is 20.7. The third-order valence-electron chi connectivity index (χ3n) is 5.52. The number of carbonyl (C=O) groups is 1. The molecular weight excluding hydrogens is 398 g/mol. The van der Waals surface area contributed by atoms with E-state index in [1.807, 2.05) is 54.7 Å². The van der Waals surface area contributed by atoms with Gasteiger partial charge in [0.1, 0.15) is 11.4 Å². The van der Waals surface area contributed by atoms with E-state index in [1.165, 1.54) is 0 Å². The molecule has 1 aliphatic carbocycles. The second-order valence-corrected chi connectivity index (χ2v) is 8.09. The van der Waals surface area contributed by atoms with Crippen LogP contribution in [0.5, 0.6) is 0 Å². The summed E-state index contributed by atoms with van der Waals surface area (Å²) in [5.74, 6) is -0.153. The van der Waals surface area contributed by atoms with Gasteiger partial charge in [0.15, 0.2) is 0 Å². The van der Waals surface area contributed by atoms with Crippen LogP contribution in [0, 0.1) is 0 Å². The highest BCUT2D eigenvalue weighted by molar-refractivity contribution is 6.31. The third-order valence-corrected chi connectivity index (χ3v) is 5.89. The van der Waals surface area contributed by atoms with Crippen molar-refractivity contribution in [1.82, 2.24) is 9.55 Å². The number of aromatic nitrogens is 2. The molecule has 5 nitrogen and oxygen atoms in total. The van der Waals surface area contributed by atoms with Crippen molar-refractivity contribution < 1.29 is 9.90 Å². The van der Waals surface area contributed by atoms with Crippen LogP contribution in [0.4, 0.5) is 11.5 Å². The summed E-state index contributed by atoms with van der Waals surface area (Å²) in [6.45, 7) is 0.684. The SMILES string of the molecule is O=C(O)c1cc(C2CC2)cnc1Nc1ccc2c(ccn2Cc2ccccc2Cl)c1. The van der Waals surface area contributed by atoms with E-state index in [2.05, 4.69) is 14.9 Å². The Balaban J connectivity index is 1.42. The largest absolute Gasteiger partial charge is 0.478 e. The molecule has 2 heterocycles. The van der Waals surface area contributed by atoms with Crippen LogP contribution in [0.3, 0.4) is 0 Å². The number of rotatable bonds is 6. The Bertz CT molecular complexity index is 1260. The van der Waals surface area contributed by atoms with E-state index < -0.39 is 5.97 Å². The molecule has 0 unspecified atom stereocenters. The van der Waals surface area contributed by atoms with Crippen molar-refractivity contribution in [1.29, 1.82) is 0 Å². The molecule has 1 saturated carbocycles. The van der Waals surface area contributed by atoms with Crippen LogP contribution in [0.25, 0.3) is 10.9 Å². The van der Waals surface area contributed by atoms with Gasteiger partial charge in [0.2, 0.25) is 0 Å². The van der Waals surface area contributed by atoms with Gasteiger partial charge in [-0.1, -0.05) is 29.8 Å². The molecule has 30 heavy (non-hydrogen) atoms. The molecule has 2 N–H and O–H groups in total. The number of hydrogen-bond acceptors (Lipinski definition) is 3. The van der Waals surface area contributed by atoms with Gasteiger partial charge in [-0.05, 0) is 66.3 Å². The lowest BCUT2D eigenvalue weighted by Gasteiger charge is -2.11. The average molecular weight is 418 g/mol. The normalized spacial score (nSPS) is 13.5. The molecule has 2 aromatic heterocycles. The topological polar surface area (TPSA) is 67.2 Å². The van der Waals surface area contributed by atoms with Crippen LogP contribution in [-0.2, 0) is 6.54 Å². The van der Waals surface area contributed by atoms with E-state index in [0.717, 1.165) is 45.6 Å². The maximum atomic E-state index is 11.7. The summed E-state index contributed by atoms with van der Waals surface area (Å²) in [6, 6.07) is 17.6. The summed E-state index contributed by atoms with van der Waals surface area (Å²) in [5.41, 5.74) is 4.15. The van der Waals surface area contributed by atoms with E-state index in [9.17, 15) is 9.90 Å². The van der Waals surface area contributed by atoms with Gasteiger partial charge in [-0.15, -0.1) is 0 Å². The number of halogens is 1. The van der Waals surface area contributed by atoms with Crippen molar-refractivity contribution in [3.8, 4) is 0 Å². The van der Waals surface area contributed by atoms with Gasteiger partial charge in [0, 0.05) is 40.6 Å². The quantitative estimate of drug-likeness (QED) is 0.400. The molecule has 0 spiro atoms. The Kier molecular flexibility index (Phi) is 4.68. The Morgan fingerprint density at radius 1 is 1.17 bits per heavy atom. The number of hydrogen-bond donors (Lipinski definition) is 2. The maximum Gasteiger partial charge on any atom is 0.339 e. The van der Waals surface area contributed by atoms with Crippen molar-refractivity contribution in [2.45, 2.75) is 25.3 Å².